The lowest BCUT2D eigenvalue weighted by molar-refractivity contribution is 0.373. The summed E-state index contributed by atoms with van der Waals surface area (Å²) < 4.78 is 0. The van der Waals surface area contributed by atoms with Crippen LogP contribution in [0, 0.1) is 5.92 Å². The van der Waals surface area contributed by atoms with Crippen LogP contribution in [0.2, 0.25) is 0 Å². The molecule has 1 unspecified atom stereocenters. The number of rotatable bonds is 2. The molecule has 2 aliphatic rings. The molecular weight excluding hydrogens is 230 g/mol. The van der Waals surface area contributed by atoms with Crippen LogP contribution in [-0.4, -0.2) is 15.8 Å². The van der Waals surface area contributed by atoms with E-state index >= 15 is 0 Å². The molecule has 3 nitrogen and oxygen atoms in total. The number of nitrogens with two attached hydrogens (primary N) is 1. The first-order valence-corrected chi connectivity index (χ1v) is 6.37. The van der Waals surface area contributed by atoms with E-state index in [4.69, 9.17) is 18.0 Å². The molecule has 2 N–H and O–H groups in total. The van der Waals surface area contributed by atoms with Crippen LogP contribution < -0.4 is 5.73 Å². The van der Waals surface area contributed by atoms with Crippen molar-refractivity contribution in [3.05, 3.63) is 35.9 Å². The summed E-state index contributed by atoms with van der Waals surface area (Å²) in [4.78, 5) is 0. The highest BCUT2D eigenvalue weighted by molar-refractivity contribution is 7.80. The van der Waals surface area contributed by atoms with E-state index in [9.17, 15) is 0 Å². The van der Waals surface area contributed by atoms with Crippen molar-refractivity contribution in [2.24, 2.45) is 16.8 Å². The Hall–Kier alpha value is -1.42. The average molecular weight is 245 g/mol. The zero-order valence-corrected chi connectivity index (χ0v) is 10.4. The van der Waals surface area contributed by atoms with Gasteiger partial charge in [0.1, 0.15) is 0 Å². The summed E-state index contributed by atoms with van der Waals surface area (Å²) in [6.07, 6.45) is 3.50. The predicted molar refractivity (Wildman–Crippen MR) is 72.6 cm³/mol. The zero-order chi connectivity index (χ0) is 11.8. The fourth-order valence-corrected chi connectivity index (χ4v) is 2.50. The smallest absolute Gasteiger partial charge is 0.187 e. The summed E-state index contributed by atoms with van der Waals surface area (Å²) in [6, 6.07) is 10.5. The lowest BCUT2D eigenvalue weighted by atomic mass is 10.0. The molecule has 0 radical (unpaired) electrons. The third-order valence-electron chi connectivity index (χ3n) is 3.39. The second-order valence-corrected chi connectivity index (χ2v) is 5.10. The van der Waals surface area contributed by atoms with Crippen molar-refractivity contribution < 1.29 is 0 Å². The Labute approximate surface area is 106 Å². The van der Waals surface area contributed by atoms with Gasteiger partial charge in [-0.25, -0.2) is 5.01 Å². The van der Waals surface area contributed by atoms with E-state index in [1.165, 1.54) is 24.1 Å². The van der Waals surface area contributed by atoms with Crippen LogP contribution in [0.4, 0.5) is 0 Å². The van der Waals surface area contributed by atoms with Crippen molar-refractivity contribution >= 4 is 23.0 Å². The average Bonchev–Trinajstić information content (AvgIpc) is 3.09. The highest BCUT2D eigenvalue weighted by atomic mass is 32.1. The Bertz CT molecular complexity index is 465. The van der Waals surface area contributed by atoms with Gasteiger partial charge in [-0.05, 0) is 36.5 Å². The fourth-order valence-electron chi connectivity index (χ4n) is 2.34. The highest BCUT2D eigenvalue weighted by Gasteiger charge is 2.37. The Morgan fingerprint density at radius 1 is 1.29 bits per heavy atom. The van der Waals surface area contributed by atoms with Gasteiger partial charge in [0.2, 0.25) is 0 Å². The van der Waals surface area contributed by atoms with Crippen LogP contribution in [0.25, 0.3) is 0 Å². The molecule has 1 heterocycles. The van der Waals surface area contributed by atoms with Gasteiger partial charge in [0, 0.05) is 12.1 Å². The first-order valence-electron chi connectivity index (χ1n) is 5.96. The molecule has 1 aliphatic carbocycles. The first kappa shape index (κ1) is 10.7. The molecule has 1 aromatic carbocycles. The topological polar surface area (TPSA) is 41.6 Å². The number of hydrogen-bond donors (Lipinski definition) is 1. The molecule has 1 fully saturated rings. The van der Waals surface area contributed by atoms with Gasteiger partial charge in [-0.3, -0.25) is 0 Å². The van der Waals surface area contributed by atoms with E-state index < -0.39 is 0 Å². The van der Waals surface area contributed by atoms with Crippen molar-refractivity contribution in [2.75, 3.05) is 0 Å². The molecule has 1 saturated carbocycles. The number of nitrogens with zero attached hydrogens (tertiary/aromatic N) is 2. The van der Waals surface area contributed by atoms with Gasteiger partial charge < -0.3 is 5.73 Å². The lowest BCUT2D eigenvalue weighted by Gasteiger charge is -2.21. The number of benzene rings is 1. The Kier molecular flexibility index (Phi) is 2.59. The number of hydrogen-bond acceptors (Lipinski definition) is 2. The maximum atomic E-state index is 5.76. The summed E-state index contributed by atoms with van der Waals surface area (Å²) in [5, 5.41) is 6.76. The lowest BCUT2D eigenvalue weighted by Crippen LogP contribution is -2.31. The number of thiocarbonyl (C=S) groups is 1. The van der Waals surface area contributed by atoms with Gasteiger partial charge in [0.15, 0.2) is 5.11 Å². The minimum absolute atomic E-state index is 0.198. The zero-order valence-electron chi connectivity index (χ0n) is 9.54. The van der Waals surface area contributed by atoms with Crippen LogP contribution in [0.3, 0.4) is 0 Å². The van der Waals surface area contributed by atoms with Gasteiger partial charge >= 0.3 is 0 Å². The highest BCUT2D eigenvalue weighted by Crippen LogP contribution is 2.40. The standard InChI is InChI=1S/C13H15N3S/c14-13(17)16-12(10-4-2-1-3-5-10)8-11(15-16)9-6-7-9/h1-5,9,12H,6-8H2,(H2,14,17). The van der Waals surface area contributed by atoms with Crippen LogP contribution in [0.15, 0.2) is 35.4 Å². The monoisotopic (exact) mass is 245 g/mol. The molecule has 88 valence electrons. The molecular formula is C13H15N3S. The second kappa shape index (κ2) is 4.11. The summed E-state index contributed by atoms with van der Waals surface area (Å²) in [7, 11) is 0. The van der Waals surface area contributed by atoms with E-state index in [-0.39, 0.29) is 6.04 Å². The Morgan fingerprint density at radius 2 is 2.00 bits per heavy atom. The van der Waals surface area contributed by atoms with Gasteiger partial charge in [-0.15, -0.1) is 0 Å². The Morgan fingerprint density at radius 3 is 2.59 bits per heavy atom. The van der Waals surface area contributed by atoms with Gasteiger partial charge in [-0.2, -0.15) is 5.10 Å². The van der Waals surface area contributed by atoms with E-state index in [1.807, 2.05) is 18.2 Å². The SMILES string of the molecule is NC(=S)N1N=C(C2CC2)CC1c1ccccc1. The van der Waals surface area contributed by atoms with E-state index in [1.54, 1.807) is 5.01 Å². The van der Waals surface area contributed by atoms with Crippen molar-refractivity contribution in [1.29, 1.82) is 0 Å². The quantitative estimate of drug-likeness (QED) is 0.814. The molecule has 1 aliphatic heterocycles. The van der Waals surface area contributed by atoms with Crippen molar-refractivity contribution in [1.82, 2.24) is 5.01 Å². The summed E-state index contributed by atoms with van der Waals surface area (Å²) in [5.41, 5.74) is 8.26. The molecule has 1 aromatic rings. The summed E-state index contributed by atoms with van der Waals surface area (Å²) in [5.74, 6) is 0.681. The van der Waals surface area contributed by atoms with Crippen molar-refractivity contribution in [2.45, 2.75) is 25.3 Å². The van der Waals surface area contributed by atoms with Crippen LogP contribution in [0.1, 0.15) is 30.9 Å². The van der Waals surface area contributed by atoms with E-state index in [2.05, 4.69) is 17.2 Å². The predicted octanol–water partition coefficient (Wildman–Crippen LogP) is 2.44. The minimum atomic E-state index is 0.198. The van der Waals surface area contributed by atoms with E-state index in [0.717, 1.165) is 6.42 Å². The Balaban J connectivity index is 1.88. The molecule has 0 aromatic heterocycles. The molecule has 1 atom stereocenters. The molecule has 0 saturated heterocycles. The summed E-state index contributed by atoms with van der Waals surface area (Å²) >= 11 is 5.09. The van der Waals surface area contributed by atoms with Gasteiger partial charge in [0.05, 0.1) is 6.04 Å². The van der Waals surface area contributed by atoms with Crippen molar-refractivity contribution in [3.63, 3.8) is 0 Å². The molecule has 17 heavy (non-hydrogen) atoms. The van der Waals surface area contributed by atoms with Crippen LogP contribution in [-0.2, 0) is 0 Å². The molecule has 4 heteroatoms. The maximum Gasteiger partial charge on any atom is 0.187 e. The third-order valence-corrected chi connectivity index (χ3v) is 3.58. The molecule has 0 bridgehead atoms. The van der Waals surface area contributed by atoms with E-state index in [0.29, 0.717) is 11.0 Å². The molecule has 0 amide bonds. The normalized spacial score (nSPS) is 23.6. The maximum absolute atomic E-state index is 5.76. The van der Waals surface area contributed by atoms with Crippen molar-refractivity contribution in [3.8, 4) is 0 Å². The third kappa shape index (κ3) is 2.05. The second-order valence-electron chi connectivity index (χ2n) is 4.68. The minimum Gasteiger partial charge on any atom is -0.375 e. The fraction of sp³-hybridized carbons (Fsp3) is 0.385. The largest absolute Gasteiger partial charge is 0.375 e. The first-order chi connectivity index (χ1) is 8.25. The van der Waals surface area contributed by atoms with Gasteiger partial charge in [-0.1, -0.05) is 30.3 Å². The van der Waals surface area contributed by atoms with Crippen LogP contribution >= 0.6 is 12.2 Å². The molecule has 0 spiro atoms. The summed E-state index contributed by atoms with van der Waals surface area (Å²) in [6.45, 7) is 0. The number of hydrazone groups is 1. The van der Waals surface area contributed by atoms with Gasteiger partial charge in [0.25, 0.3) is 0 Å². The van der Waals surface area contributed by atoms with Crippen LogP contribution in [0.5, 0.6) is 0 Å². The molecule has 3 rings (SSSR count).